The Kier molecular flexibility index (Phi) is 6.82. The maximum absolute atomic E-state index is 10.9. The van der Waals surface area contributed by atoms with Crippen LogP contribution in [0.3, 0.4) is 0 Å². The van der Waals surface area contributed by atoms with E-state index in [1.54, 1.807) is 13.0 Å². The van der Waals surface area contributed by atoms with Crippen LogP contribution in [0, 0.1) is 0 Å². The molecular formula is C9H14O4. The number of allylic oxidation sites excluding steroid dienone is 2. The van der Waals surface area contributed by atoms with E-state index in [4.69, 9.17) is 0 Å². The number of ketones is 1. The summed E-state index contributed by atoms with van der Waals surface area (Å²) in [6, 6.07) is 0. The molecule has 0 aliphatic carbocycles. The first-order chi connectivity index (χ1) is 6.20. The second-order valence-electron chi connectivity index (χ2n) is 2.36. The summed E-state index contributed by atoms with van der Waals surface area (Å²) in [5.74, 6) is -0.759. The molecule has 0 spiro atoms. The molecule has 0 N–H and O–H groups in total. The lowest BCUT2D eigenvalue weighted by Gasteiger charge is -2.01. The predicted molar refractivity (Wildman–Crippen MR) is 47.3 cm³/mol. The molecule has 0 fully saturated rings. The van der Waals surface area contributed by atoms with Crippen LogP contribution in [-0.2, 0) is 19.1 Å². The van der Waals surface area contributed by atoms with Gasteiger partial charge in [-0.25, -0.2) is 0 Å². The minimum atomic E-state index is -0.514. The van der Waals surface area contributed by atoms with Crippen LogP contribution in [-0.4, -0.2) is 32.1 Å². The summed E-state index contributed by atoms with van der Waals surface area (Å²) in [5.41, 5.74) is 0. The van der Waals surface area contributed by atoms with Gasteiger partial charge >= 0.3 is 5.97 Å². The summed E-state index contributed by atoms with van der Waals surface area (Å²) in [5, 5.41) is 0. The van der Waals surface area contributed by atoms with E-state index in [2.05, 4.69) is 9.47 Å². The summed E-state index contributed by atoms with van der Waals surface area (Å²) in [6.45, 7) is 2.26. The van der Waals surface area contributed by atoms with Crippen molar-refractivity contribution < 1.29 is 19.1 Å². The van der Waals surface area contributed by atoms with Gasteiger partial charge in [-0.2, -0.15) is 0 Å². The van der Waals surface area contributed by atoms with Gasteiger partial charge < -0.3 is 9.47 Å². The molecule has 0 aliphatic heterocycles. The highest BCUT2D eigenvalue weighted by molar-refractivity contribution is 6.01. The Morgan fingerprint density at radius 3 is 2.54 bits per heavy atom. The Hall–Kier alpha value is -1.16. The number of carbonyl (C=O) groups excluding carboxylic acids is 2. The van der Waals surface area contributed by atoms with Crippen LogP contribution >= 0.6 is 0 Å². The molecule has 0 saturated heterocycles. The summed E-state index contributed by atoms with van der Waals surface area (Å²) in [6.07, 6.45) is 2.73. The number of hydrogen-bond acceptors (Lipinski definition) is 4. The van der Waals surface area contributed by atoms with Crippen molar-refractivity contribution in [3.8, 4) is 0 Å². The predicted octanol–water partition coefficient (Wildman–Crippen LogP) is 0.711. The summed E-state index contributed by atoms with van der Waals surface area (Å²) < 4.78 is 9.35. The zero-order valence-corrected chi connectivity index (χ0v) is 7.91. The van der Waals surface area contributed by atoms with Crippen molar-refractivity contribution in [3.63, 3.8) is 0 Å². The van der Waals surface area contributed by atoms with Crippen molar-refractivity contribution in [2.75, 3.05) is 20.3 Å². The largest absolute Gasteiger partial charge is 0.463 e. The minimum absolute atomic E-state index is 0.193. The second-order valence-corrected chi connectivity index (χ2v) is 2.36. The Bertz CT molecular complexity index is 196. The topological polar surface area (TPSA) is 52.6 Å². The van der Waals surface area contributed by atoms with Gasteiger partial charge in [0, 0.05) is 7.11 Å². The minimum Gasteiger partial charge on any atom is -0.463 e. The fraction of sp³-hybridized carbons (Fsp3) is 0.556. The standard InChI is InChI=1S/C9H14O4/c1-3-4-8(10)7-9(11)13-6-5-12-2/h3-4H,5-7H2,1-2H3. The van der Waals surface area contributed by atoms with Gasteiger partial charge in [-0.15, -0.1) is 0 Å². The molecule has 13 heavy (non-hydrogen) atoms. The zero-order valence-electron chi connectivity index (χ0n) is 7.91. The van der Waals surface area contributed by atoms with Gasteiger partial charge in [0.1, 0.15) is 13.0 Å². The molecular weight excluding hydrogens is 172 g/mol. The number of hydrogen-bond donors (Lipinski definition) is 0. The smallest absolute Gasteiger partial charge is 0.313 e. The second kappa shape index (κ2) is 7.49. The average Bonchev–Trinajstić information content (AvgIpc) is 2.05. The normalized spacial score (nSPS) is 10.3. The monoisotopic (exact) mass is 186 g/mol. The molecule has 0 amide bonds. The zero-order chi connectivity index (χ0) is 10.1. The number of methoxy groups -OCH3 is 1. The number of carbonyl (C=O) groups is 2. The first-order valence-electron chi connectivity index (χ1n) is 4.00. The summed E-state index contributed by atoms with van der Waals surface area (Å²) >= 11 is 0. The van der Waals surface area contributed by atoms with Crippen molar-refractivity contribution in [2.24, 2.45) is 0 Å². The van der Waals surface area contributed by atoms with Crippen LogP contribution in [0.15, 0.2) is 12.2 Å². The van der Waals surface area contributed by atoms with Gasteiger partial charge in [0.25, 0.3) is 0 Å². The lowest BCUT2D eigenvalue weighted by Crippen LogP contribution is -2.12. The van der Waals surface area contributed by atoms with E-state index in [-0.39, 0.29) is 18.8 Å². The fourth-order valence-corrected chi connectivity index (χ4v) is 0.677. The Balaban J connectivity index is 3.56. The molecule has 0 heterocycles. The number of rotatable bonds is 6. The molecule has 0 aromatic rings. The van der Waals surface area contributed by atoms with Crippen molar-refractivity contribution >= 4 is 11.8 Å². The molecule has 0 bridgehead atoms. The molecule has 4 nitrogen and oxygen atoms in total. The third-order valence-corrected chi connectivity index (χ3v) is 1.22. The summed E-state index contributed by atoms with van der Waals surface area (Å²) in [7, 11) is 1.51. The third-order valence-electron chi connectivity index (χ3n) is 1.22. The molecule has 0 unspecified atom stereocenters. The fourth-order valence-electron chi connectivity index (χ4n) is 0.677. The molecule has 74 valence electrons. The van der Waals surface area contributed by atoms with E-state index >= 15 is 0 Å². The van der Waals surface area contributed by atoms with Gasteiger partial charge in [0.2, 0.25) is 0 Å². The van der Waals surface area contributed by atoms with E-state index < -0.39 is 5.97 Å². The highest BCUT2D eigenvalue weighted by atomic mass is 16.6. The Morgan fingerprint density at radius 2 is 2.00 bits per heavy atom. The molecule has 0 aromatic heterocycles. The molecule has 0 atom stereocenters. The summed E-state index contributed by atoms with van der Waals surface area (Å²) in [4.78, 5) is 21.7. The van der Waals surface area contributed by atoms with E-state index in [1.165, 1.54) is 13.2 Å². The highest BCUT2D eigenvalue weighted by Crippen LogP contribution is 1.90. The Labute approximate surface area is 77.5 Å². The maximum atomic E-state index is 10.9. The van der Waals surface area contributed by atoms with Gasteiger partial charge in [0.15, 0.2) is 5.78 Å². The van der Waals surface area contributed by atoms with E-state index in [9.17, 15) is 9.59 Å². The van der Waals surface area contributed by atoms with Crippen molar-refractivity contribution in [2.45, 2.75) is 13.3 Å². The lowest BCUT2D eigenvalue weighted by molar-refractivity contribution is -0.146. The maximum Gasteiger partial charge on any atom is 0.313 e. The van der Waals surface area contributed by atoms with Crippen LogP contribution in [0.5, 0.6) is 0 Å². The van der Waals surface area contributed by atoms with Crippen LogP contribution in [0.25, 0.3) is 0 Å². The number of ether oxygens (including phenoxy) is 2. The van der Waals surface area contributed by atoms with Crippen LogP contribution in [0.2, 0.25) is 0 Å². The molecule has 0 aliphatic rings. The molecule has 0 aromatic carbocycles. The third kappa shape index (κ3) is 7.21. The molecule has 0 radical (unpaired) electrons. The highest BCUT2D eigenvalue weighted by Gasteiger charge is 2.06. The van der Waals surface area contributed by atoms with E-state index in [0.717, 1.165) is 0 Å². The Morgan fingerprint density at radius 1 is 1.31 bits per heavy atom. The van der Waals surface area contributed by atoms with Crippen molar-refractivity contribution in [1.82, 2.24) is 0 Å². The molecule has 4 heteroatoms. The molecule has 0 saturated carbocycles. The van der Waals surface area contributed by atoms with Crippen molar-refractivity contribution in [1.29, 1.82) is 0 Å². The first-order valence-corrected chi connectivity index (χ1v) is 4.00. The van der Waals surface area contributed by atoms with Crippen LogP contribution in [0.4, 0.5) is 0 Å². The van der Waals surface area contributed by atoms with Gasteiger partial charge in [-0.05, 0) is 13.0 Å². The molecule has 0 rings (SSSR count). The SMILES string of the molecule is CC=CC(=O)CC(=O)OCCOC. The lowest BCUT2D eigenvalue weighted by atomic mass is 10.3. The van der Waals surface area contributed by atoms with Gasteiger partial charge in [0.05, 0.1) is 6.61 Å². The van der Waals surface area contributed by atoms with E-state index in [1.807, 2.05) is 0 Å². The quantitative estimate of drug-likeness (QED) is 0.265. The van der Waals surface area contributed by atoms with Crippen molar-refractivity contribution in [3.05, 3.63) is 12.2 Å². The van der Waals surface area contributed by atoms with Gasteiger partial charge in [-0.3, -0.25) is 9.59 Å². The number of esters is 1. The van der Waals surface area contributed by atoms with Crippen LogP contribution in [0.1, 0.15) is 13.3 Å². The van der Waals surface area contributed by atoms with Gasteiger partial charge in [-0.1, -0.05) is 6.08 Å². The van der Waals surface area contributed by atoms with E-state index in [0.29, 0.717) is 6.61 Å². The first kappa shape index (κ1) is 11.8. The average molecular weight is 186 g/mol. The van der Waals surface area contributed by atoms with Crippen LogP contribution < -0.4 is 0 Å².